The van der Waals surface area contributed by atoms with Gasteiger partial charge in [-0.2, -0.15) is 0 Å². The fraction of sp³-hybridized carbons (Fsp3) is 0. The molecule has 5 rings (SSSR count). The number of aromatic hydroxyl groups is 1. The van der Waals surface area contributed by atoms with E-state index in [9.17, 15) is 15.2 Å². The molecule has 0 aromatic heterocycles. The van der Waals surface area contributed by atoms with Crippen molar-refractivity contribution in [3.8, 4) is 50.3 Å². The predicted octanol–water partition coefficient (Wildman–Crippen LogP) is 7.97. The molecule has 0 bridgehead atoms. The van der Waals surface area contributed by atoms with Crippen LogP contribution >= 0.6 is 0 Å². The zero-order valence-electron chi connectivity index (χ0n) is 18.3. The van der Waals surface area contributed by atoms with Crippen LogP contribution in [0.2, 0.25) is 0 Å². The van der Waals surface area contributed by atoms with Gasteiger partial charge in [-0.15, -0.1) is 0 Å². The minimum absolute atomic E-state index is 0.0145. The lowest BCUT2D eigenvalue weighted by Crippen LogP contribution is -2.02. The zero-order valence-corrected chi connectivity index (χ0v) is 18.3. The number of nitro groups is 1. The summed E-state index contributed by atoms with van der Waals surface area (Å²) in [7, 11) is 0. The average molecular weight is 444 g/mol. The smallest absolute Gasteiger partial charge is 0.286 e. The fourth-order valence-electron chi connectivity index (χ4n) is 4.45. The van der Waals surface area contributed by atoms with Gasteiger partial charge in [-0.3, -0.25) is 10.1 Å². The summed E-state index contributed by atoms with van der Waals surface area (Å²) in [6.07, 6.45) is 0. The van der Waals surface area contributed by atoms with E-state index in [1.54, 1.807) is 0 Å². The van der Waals surface area contributed by atoms with Crippen molar-refractivity contribution in [2.45, 2.75) is 0 Å². The molecular formula is C30H21NO3. The molecule has 5 aromatic rings. The number of rotatable bonds is 5. The van der Waals surface area contributed by atoms with Crippen LogP contribution in [0.25, 0.3) is 44.5 Å². The van der Waals surface area contributed by atoms with Crippen molar-refractivity contribution >= 4 is 5.69 Å². The van der Waals surface area contributed by atoms with Gasteiger partial charge in [0.25, 0.3) is 5.69 Å². The van der Waals surface area contributed by atoms with E-state index in [4.69, 9.17) is 0 Å². The first kappa shape index (κ1) is 21.2. The summed E-state index contributed by atoms with van der Waals surface area (Å²) in [5, 5.41) is 24.7. The number of phenolic OH excluding ortho intramolecular Hbond substituents is 1. The van der Waals surface area contributed by atoms with Crippen LogP contribution < -0.4 is 0 Å². The van der Waals surface area contributed by atoms with Gasteiger partial charge in [0.15, 0.2) is 0 Å². The Balaban J connectivity index is 2.04. The molecule has 0 spiro atoms. The van der Waals surface area contributed by atoms with Crippen LogP contribution in [-0.4, -0.2) is 10.0 Å². The van der Waals surface area contributed by atoms with Crippen molar-refractivity contribution in [3.05, 3.63) is 131 Å². The number of phenols is 1. The molecule has 0 atom stereocenters. The van der Waals surface area contributed by atoms with Crippen molar-refractivity contribution in [1.29, 1.82) is 0 Å². The summed E-state index contributed by atoms with van der Waals surface area (Å²) < 4.78 is 0. The van der Waals surface area contributed by atoms with Gasteiger partial charge in [0.1, 0.15) is 5.75 Å². The lowest BCUT2D eigenvalue weighted by Gasteiger charge is -2.21. The lowest BCUT2D eigenvalue weighted by atomic mass is 9.82. The maximum atomic E-state index is 12.8. The molecule has 0 amide bonds. The zero-order chi connectivity index (χ0) is 23.5. The number of hydrogen-bond donors (Lipinski definition) is 1. The molecular weight excluding hydrogens is 422 g/mol. The first-order chi connectivity index (χ1) is 16.7. The molecule has 0 unspecified atom stereocenters. The van der Waals surface area contributed by atoms with Gasteiger partial charge in [-0.25, -0.2) is 0 Å². The molecule has 1 N–H and O–H groups in total. The number of benzene rings is 5. The molecule has 4 heteroatoms. The summed E-state index contributed by atoms with van der Waals surface area (Å²) in [4.78, 5) is 12.5. The largest absolute Gasteiger partial charge is 0.507 e. The molecule has 0 aliphatic carbocycles. The van der Waals surface area contributed by atoms with Crippen LogP contribution in [-0.2, 0) is 0 Å². The molecule has 4 nitrogen and oxygen atoms in total. The monoisotopic (exact) mass is 443 g/mol. The third kappa shape index (κ3) is 3.71. The third-order valence-corrected chi connectivity index (χ3v) is 5.88. The molecule has 0 aliphatic heterocycles. The van der Waals surface area contributed by atoms with Gasteiger partial charge in [-0.05, 0) is 22.3 Å². The van der Waals surface area contributed by atoms with Gasteiger partial charge in [0.05, 0.1) is 16.1 Å². The molecule has 0 fully saturated rings. The van der Waals surface area contributed by atoms with Gasteiger partial charge in [0.2, 0.25) is 0 Å². The van der Waals surface area contributed by atoms with Crippen LogP contribution in [0, 0.1) is 10.1 Å². The number of hydrogen-bond acceptors (Lipinski definition) is 3. The number of nitrogens with zero attached hydrogens (tertiary/aromatic N) is 1. The van der Waals surface area contributed by atoms with Gasteiger partial charge >= 0.3 is 0 Å². The molecule has 34 heavy (non-hydrogen) atoms. The second-order valence-electron chi connectivity index (χ2n) is 7.92. The lowest BCUT2D eigenvalue weighted by molar-refractivity contribution is -0.383. The van der Waals surface area contributed by atoms with Crippen molar-refractivity contribution in [1.82, 2.24) is 0 Å². The molecule has 0 heterocycles. The quantitative estimate of drug-likeness (QED) is 0.221. The predicted molar refractivity (Wildman–Crippen MR) is 137 cm³/mol. The van der Waals surface area contributed by atoms with E-state index >= 15 is 0 Å². The molecule has 0 radical (unpaired) electrons. The Bertz CT molecular complexity index is 1350. The maximum Gasteiger partial charge on any atom is 0.286 e. The SMILES string of the molecule is O=[N+]([O-])c1c(-c2ccccc2)c(-c2ccccc2)c(O)c(-c2ccccc2)c1-c1ccccc1. The van der Waals surface area contributed by atoms with Crippen LogP contribution in [0.3, 0.4) is 0 Å². The van der Waals surface area contributed by atoms with Crippen LogP contribution in [0.5, 0.6) is 5.75 Å². The molecule has 0 saturated carbocycles. The number of nitro benzene ring substituents is 1. The highest BCUT2D eigenvalue weighted by atomic mass is 16.6. The Morgan fingerprint density at radius 3 is 1.00 bits per heavy atom. The van der Waals surface area contributed by atoms with E-state index in [0.29, 0.717) is 44.5 Å². The normalized spacial score (nSPS) is 10.7. The second kappa shape index (κ2) is 9.04. The molecule has 0 aliphatic rings. The summed E-state index contributed by atoms with van der Waals surface area (Å²) >= 11 is 0. The van der Waals surface area contributed by atoms with Crippen molar-refractivity contribution in [2.75, 3.05) is 0 Å². The first-order valence-electron chi connectivity index (χ1n) is 11.0. The highest BCUT2D eigenvalue weighted by Crippen LogP contribution is 2.55. The topological polar surface area (TPSA) is 63.4 Å². The van der Waals surface area contributed by atoms with E-state index < -0.39 is 0 Å². The summed E-state index contributed by atoms with van der Waals surface area (Å²) in [6, 6.07) is 37.1. The van der Waals surface area contributed by atoms with Crippen LogP contribution in [0.15, 0.2) is 121 Å². The average Bonchev–Trinajstić information content (AvgIpc) is 2.89. The fourth-order valence-corrected chi connectivity index (χ4v) is 4.45. The van der Waals surface area contributed by atoms with Gasteiger partial charge in [-0.1, -0.05) is 121 Å². The molecule has 0 saturated heterocycles. The molecule has 5 aromatic carbocycles. The summed E-state index contributed by atoms with van der Waals surface area (Å²) in [5.74, 6) is 0.0145. The van der Waals surface area contributed by atoms with E-state index in [1.807, 2.05) is 121 Å². The Hall–Kier alpha value is -4.70. The Kier molecular flexibility index (Phi) is 5.63. The third-order valence-electron chi connectivity index (χ3n) is 5.88. The first-order valence-corrected chi connectivity index (χ1v) is 11.0. The molecule has 164 valence electrons. The van der Waals surface area contributed by atoms with Crippen LogP contribution in [0.1, 0.15) is 0 Å². The Labute approximate surface area is 197 Å². The highest BCUT2D eigenvalue weighted by Gasteiger charge is 2.33. The van der Waals surface area contributed by atoms with E-state index in [0.717, 1.165) is 0 Å². The second-order valence-corrected chi connectivity index (χ2v) is 7.92. The van der Waals surface area contributed by atoms with Crippen molar-refractivity contribution < 1.29 is 10.0 Å². The minimum atomic E-state index is -0.330. The highest BCUT2D eigenvalue weighted by molar-refractivity contribution is 6.07. The standard InChI is InChI=1S/C30H21NO3/c32-30-27(23-17-9-3-10-18-23)25(21-13-5-1-6-14-21)29(31(33)34)26(22-15-7-2-8-16-22)28(30)24-19-11-4-12-20-24/h1-20,32H. The summed E-state index contributed by atoms with van der Waals surface area (Å²) in [5.41, 5.74) is 4.39. The van der Waals surface area contributed by atoms with Gasteiger partial charge < -0.3 is 5.11 Å². The Morgan fingerprint density at radius 1 is 0.471 bits per heavy atom. The Morgan fingerprint density at radius 2 is 0.735 bits per heavy atom. The van der Waals surface area contributed by atoms with Gasteiger partial charge in [0, 0.05) is 11.1 Å². The van der Waals surface area contributed by atoms with E-state index in [1.165, 1.54) is 0 Å². The van der Waals surface area contributed by atoms with Crippen molar-refractivity contribution in [3.63, 3.8) is 0 Å². The van der Waals surface area contributed by atoms with E-state index in [-0.39, 0.29) is 16.4 Å². The minimum Gasteiger partial charge on any atom is -0.507 e. The van der Waals surface area contributed by atoms with Crippen LogP contribution in [0.4, 0.5) is 5.69 Å². The van der Waals surface area contributed by atoms with E-state index in [2.05, 4.69) is 0 Å². The summed E-state index contributed by atoms with van der Waals surface area (Å²) in [6.45, 7) is 0. The van der Waals surface area contributed by atoms with Crippen molar-refractivity contribution in [2.24, 2.45) is 0 Å². The maximum absolute atomic E-state index is 12.8.